The van der Waals surface area contributed by atoms with Crippen LogP contribution in [-0.2, 0) is 14.4 Å². The summed E-state index contributed by atoms with van der Waals surface area (Å²) in [5.41, 5.74) is 4.87. The molecular weight excluding hydrogens is 268 g/mol. The number of hydrogen-bond acceptors (Lipinski definition) is 4. The second-order valence-corrected chi connectivity index (χ2v) is 4.55. The molecule has 4 amide bonds. The highest BCUT2D eigenvalue weighted by molar-refractivity contribution is 5.87. The first-order valence-electron chi connectivity index (χ1n) is 6.23. The number of urea groups is 1. The zero-order valence-electron chi connectivity index (χ0n) is 10.8. The van der Waals surface area contributed by atoms with E-state index in [2.05, 4.69) is 16.0 Å². The summed E-state index contributed by atoms with van der Waals surface area (Å²) in [6.07, 6.45) is 1.57. The van der Waals surface area contributed by atoms with Crippen LogP contribution in [0, 0.1) is 0 Å². The molecule has 0 heterocycles. The molecule has 6 N–H and O–H groups in total. The quantitative estimate of drug-likeness (QED) is 0.359. The molecule has 0 saturated heterocycles. The number of carboxylic acid groups (broad SMARTS) is 1. The molecule has 9 heteroatoms. The van der Waals surface area contributed by atoms with Crippen molar-refractivity contribution in [3.05, 3.63) is 0 Å². The number of rotatable bonds is 8. The Labute approximate surface area is 115 Å². The molecule has 0 aliphatic heterocycles. The Morgan fingerprint density at radius 3 is 2.40 bits per heavy atom. The maximum atomic E-state index is 11.4. The van der Waals surface area contributed by atoms with E-state index < -0.39 is 30.4 Å². The van der Waals surface area contributed by atoms with Crippen LogP contribution in [-0.4, -0.2) is 47.5 Å². The molecule has 1 aliphatic carbocycles. The monoisotopic (exact) mass is 286 g/mol. The normalized spacial score (nSPS) is 15.0. The largest absolute Gasteiger partial charge is 0.480 e. The van der Waals surface area contributed by atoms with Crippen molar-refractivity contribution in [1.82, 2.24) is 16.0 Å². The van der Waals surface area contributed by atoms with Crippen LogP contribution >= 0.6 is 0 Å². The summed E-state index contributed by atoms with van der Waals surface area (Å²) in [7, 11) is 0. The van der Waals surface area contributed by atoms with Gasteiger partial charge in [-0.15, -0.1) is 0 Å². The zero-order chi connectivity index (χ0) is 15.1. The van der Waals surface area contributed by atoms with E-state index in [0.717, 1.165) is 12.8 Å². The van der Waals surface area contributed by atoms with Gasteiger partial charge in [-0.1, -0.05) is 0 Å². The maximum Gasteiger partial charge on any atom is 0.326 e. The van der Waals surface area contributed by atoms with E-state index in [1.54, 1.807) is 0 Å². The van der Waals surface area contributed by atoms with Gasteiger partial charge in [-0.3, -0.25) is 9.59 Å². The Bertz CT molecular complexity index is 408. The van der Waals surface area contributed by atoms with E-state index in [-0.39, 0.29) is 24.9 Å². The lowest BCUT2D eigenvalue weighted by Crippen LogP contribution is -2.48. The fourth-order valence-corrected chi connectivity index (χ4v) is 1.43. The molecule has 112 valence electrons. The topological polar surface area (TPSA) is 151 Å². The number of carboxylic acids is 1. The first-order valence-corrected chi connectivity index (χ1v) is 6.23. The Kier molecular flexibility index (Phi) is 5.75. The van der Waals surface area contributed by atoms with Gasteiger partial charge in [-0.25, -0.2) is 9.59 Å². The number of nitrogens with one attached hydrogen (secondary N) is 3. The van der Waals surface area contributed by atoms with Crippen molar-refractivity contribution in [3.8, 4) is 0 Å². The number of carbonyl (C=O) groups excluding carboxylic acids is 3. The molecule has 1 rings (SSSR count). The third kappa shape index (κ3) is 6.57. The minimum absolute atomic E-state index is 0.0767. The molecule has 20 heavy (non-hydrogen) atoms. The van der Waals surface area contributed by atoms with Crippen LogP contribution in [0.25, 0.3) is 0 Å². The molecular formula is C11H18N4O5. The van der Waals surface area contributed by atoms with Crippen molar-refractivity contribution < 1.29 is 24.3 Å². The Morgan fingerprint density at radius 1 is 1.25 bits per heavy atom. The van der Waals surface area contributed by atoms with Crippen molar-refractivity contribution in [1.29, 1.82) is 0 Å². The first kappa shape index (κ1) is 15.7. The van der Waals surface area contributed by atoms with Crippen LogP contribution in [0.2, 0.25) is 0 Å². The summed E-state index contributed by atoms with van der Waals surface area (Å²) in [6.45, 7) is 0.0767. The second kappa shape index (κ2) is 7.31. The van der Waals surface area contributed by atoms with Crippen molar-refractivity contribution in [2.45, 2.75) is 37.8 Å². The van der Waals surface area contributed by atoms with E-state index in [1.807, 2.05) is 0 Å². The summed E-state index contributed by atoms with van der Waals surface area (Å²) < 4.78 is 0. The molecule has 0 spiro atoms. The molecule has 1 atom stereocenters. The highest BCUT2D eigenvalue weighted by atomic mass is 16.4. The van der Waals surface area contributed by atoms with E-state index in [0.29, 0.717) is 0 Å². The van der Waals surface area contributed by atoms with E-state index >= 15 is 0 Å². The summed E-state index contributed by atoms with van der Waals surface area (Å²) in [5, 5.41) is 16.0. The first-order chi connectivity index (χ1) is 9.38. The van der Waals surface area contributed by atoms with Crippen LogP contribution in [0.15, 0.2) is 0 Å². The average Bonchev–Trinajstić information content (AvgIpc) is 3.11. The lowest BCUT2D eigenvalue weighted by atomic mass is 10.2. The molecule has 0 radical (unpaired) electrons. The summed E-state index contributed by atoms with van der Waals surface area (Å²) in [5.74, 6) is -2.35. The minimum Gasteiger partial charge on any atom is -0.480 e. The van der Waals surface area contributed by atoms with E-state index in [9.17, 15) is 19.2 Å². The highest BCUT2D eigenvalue weighted by Gasteiger charge is 2.23. The van der Waals surface area contributed by atoms with Gasteiger partial charge in [0.05, 0.1) is 6.42 Å². The lowest BCUT2D eigenvalue weighted by molar-refractivity contribution is -0.140. The van der Waals surface area contributed by atoms with Crippen molar-refractivity contribution in [3.63, 3.8) is 0 Å². The molecule has 0 bridgehead atoms. The van der Waals surface area contributed by atoms with E-state index in [1.165, 1.54) is 0 Å². The number of hydrogen-bond donors (Lipinski definition) is 5. The van der Waals surface area contributed by atoms with Crippen LogP contribution in [0.4, 0.5) is 4.79 Å². The number of aliphatic carboxylic acids is 1. The fourth-order valence-electron chi connectivity index (χ4n) is 1.43. The molecule has 0 aromatic heterocycles. The van der Waals surface area contributed by atoms with Crippen molar-refractivity contribution >= 4 is 23.8 Å². The van der Waals surface area contributed by atoms with Crippen LogP contribution < -0.4 is 21.7 Å². The van der Waals surface area contributed by atoms with Gasteiger partial charge < -0.3 is 26.8 Å². The molecule has 0 aromatic rings. The maximum absolute atomic E-state index is 11.4. The third-order valence-corrected chi connectivity index (χ3v) is 2.59. The highest BCUT2D eigenvalue weighted by Crippen LogP contribution is 2.18. The molecule has 1 aliphatic rings. The number of nitrogens with two attached hydrogens (primary N) is 1. The Balaban J connectivity index is 2.21. The average molecular weight is 286 g/mol. The van der Waals surface area contributed by atoms with Gasteiger partial charge in [0, 0.05) is 19.0 Å². The van der Waals surface area contributed by atoms with Gasteiger partial charge in [0.15, 0.2) is 0 Å². The zero-order valence-corrected chi connectivity index (χ0v) is 10.8. The number of primary amides is 1. The van der Waals surface area contributed by atoms with Crippen LogP contribution in [0.1, 0.15) is 25.7 Å². The van der Waals surface area contributed by atoms with Gasteiger partial charge >= 0.3 is 12.0 Å². The van der Waals surface area contributed by atoms with Gasteiger partial charge in [0.25, 0.3) is 0 Å². The summed E-state index contributed by atoms with van der Waals surface area (Å²) >= 11 is 0. The SMILES string of the molecule is NC(=O)C[C@H](NC(=O)NCCC(=O)NC1CC1)C(=O)O. The Morgan fingerprint density at radius 2 is 1.90 bits per heavy atom. The molecule has 1 saturated carbocycles. The number of amides is 4. The lowest BCUT2D eigenvalue weighted by Gasteiger charge is -2.13. The third-order valence-electron chi connectivity index (χ3n) is 2.59. The summed E-state index contributed by atoms with van der Waals surface area (Å²) in [4.78, 5) is 44.1. The molecule has 9 nitrogen and oxygen atoms in total. The molecule has 1 fully saturated rings. The number of carbonyl (C=O) groups is 4. The smallest absolute Gasteiger partial charge is 0.326 e. The predicted molar refractivity (Wildman–Crippen MR) is 67.6 cm³/mol. The van der Waals surface area contributed by atoms with Crippen molar-refractivity contribution in [2.24, 2.45) is 5.73 Å². The van der Waals surface area contributed by atoms with Gasteiger partial charge in [-0.2, -0.15) is 0 Å². The van der Waals surface area contributed by atoms with Gasteiger partial charge in [0.1, 0.15) is 6.04 Å². The summed E-state index contributed by atoms with van der Waals surface area (Å²) in [6, 6.07) is -1.89. The fraction of sp³-hybridized carbons (Fsp3) is 0.636. The molecule has 0 aromatic carbocycles. The predicted octanol–water partition coefficient (Wildman–Crippen LogP) is -1.72. The second-order valence-electron chi connectivity index (χ2n) is 4.55. The van der Waals surface area contributed by atoms with Crippen LogP contribution in [0.3, 0.4) is 0 Å². The van der Waals surface area contributed by atoms with Crippen LogP contribution in [0.5, 0.6) is 0 Å². The van der Waals surface area contributed by atoms with Gasteiger partial charge in [0.2, 0.25) is 11.8 Å². The standard InChI is InChI=1S/C11H18N4O5/c12-8(16)5-7(10(18)19)15-11(20)13-4-3-9(17)14-6-1-2-6/h6-7H,1-5H2,(H2,12,16)(H,14,17)(H,18,19)(H2,13,15,20)/t7-/m0/s1. The minimum atomic E-state index is -1.38. The van der Waals surface area contributed by atoms with Gasteiger partial charge in [-0.05, 0) is 12.8 Å². The van der Waals surface area contributed by atoms with E-state index in [4.69, 9.17) is 10.8 Å². The Hall–Kier alpha value is -2.32. The van der Waals surface area contributed by atoms with Crippen molar-refractivity contribution in [2.75, 3.05) is 6.54 Å². The molecule has 0 unspecified atom stereocenters.